The van der Waals surface area contributed by atoms with Gasteiger partial charge in [0.25, 0.3) is 0 Å². The minimum Gasteiger partial charge on any atom is -0.399 e. The lowest BCUT2D eigenvalue weighted by molar-refractivity contribution is 0.149. The highest BCUT2D eigenvalue weighted by molar-refractivity contribution is 8.00. The van der Waals surface area contributed by atoms with Crippen LogP contribution in [-0.4, -0.2) is 51.0 Å². The third-order valence-electron chi connectivity index (χ3n) is 2.94. The number of nitrogens with zero attached hydrogens (tertiary/aromatic N) is 1. The van der Waals surface area contributed by atoms with Crippen LogP contribution in [0.25, 0.3) is 0 Å². The first kappa shape index (κ1) is 17.3. The largest absolute Gasteiger partial charge is 0.399 e. The Hall–Kier alpha value is -0.760. The van der Waals surface area contributed by atoms with E-state index in [9.17, 15) is 8.42 Å². The fourth-order valence-electron chi connectivity index (χ4n) is 1.63. The zero-order valence-electron chi connectivity index (χ0n) is 12.1. The lowest BCUT2D eigenvalue weighted by Crippen LogP contribution is -2.39. The number of benzene rings is 1. The van der Waals surface area contributed by atoms with Crippen molar-refractivity contribution >= 4 is 27.5 Å². The fourth-order valence-corrected chi connectivity index (χ4v) is 4.34. The molecule has 0 aliphatic carbocycles. The second-order valence-electron chi connectivity index (χ2n) is 4.56. The highest BCUT2D eigenvalue weighted by Gasteiger charge is 2.22. The average Bonchev–Trinajstić information content (AvgIpc) is 2.38. The van der Waals surface area contributed by atoms with Gasteiger partial charge in [0.15, 0.2) is 0 Å². The van der Waals surface area contributed by atoms with E-state index in [2.05, 4.69) is 0 Å². The monoisotopic (exact) mass is 318 g/mol. The molecule has 0 bridgehead atoms. The molecule has 0 amide bonds. The predicted molar refractivity (Wildman–Crippen MR) is 84.5 cm³/mol. The third kappa shape index (κ3) is 5.32. The minimum atomic E-state index is -3.26. The van der Waals surface area contributed by atoms with Crippen LogP contribution in [0.1, 0.15) is 6.92 Å². The van der Waals surface area contributed by atoms with Crippen molar-refractivity contribution in [2.75, 3.05) is 38.0 Å². The van der Waals surface area contributed by atoms with E-state index in [1.807, 2.05) is 25.1 Å². The summed E-state index contributed by atoms with van der Waals surface area (Å²) in [5, 5.41) is 0. The Kier molecular flexibility index (Phi) is 6.81. The molecule has 2 N–H and O–H groups in total. The van der Waals surface area contributed by atoms with Gasteiger partial charge in [-0.3, -0.25) is 0 Å². The molecule has 1 rings (SSSR count). The van der Waals surface area contributed by atoms with Crippen LogP contribution < -0.4 is 5.73 Å². The van der Waals surface area contributed by atoms with E-state index < -0.39 is 10.0 Å². The van der Waals surface area contributed by atoms with Crippen molar-refractivity contribution < 1.29 is 13.2 Å². The maximum absolute atomic E-state index is 12.1. The molecule has 0 spiro atoms. The zero-order valence-corrected chi connectivity index (χ0v) is 13.7. The Labute approximate surface area is 125 Å². The Morgan fingerprint density at radius 2 is 2.15 bits per heavy atom. The van der Waals surface area contributed by atoms with Gasteiger partial charge < -0.3 is 10.5 Å². The summed E-state index contributed by atoms with van der Waals surface area (Å²) in [5.74, 6) is 0.590. The Bertz CT molecular complexity index is 520. The number of ether oxygens (including phenoxy) is 1. The Morgan fingerprint density at radius 1 is 1.45 bits per heavy atom. The molecule has 0 fully saturated rings. The van der Waals surface area contributed by atoms with Crippen LogP contribution in [0.5, 0.6) is 0 Å². The summed E-state index contributed by atoms with van der Waals surface area (Å²) in [6, 6.07) is 7.27. The van der Waals surface area contributed by atoms with Crippen LogP contribution >= 0.6 is 11.8 Å². The molecule has 0 saturated heterocycles. The highest BCUT2D eigenvalue weighted by atomic mass is 32.2. The molecule has 1 unspecified atom stereocenters. The quantitative estimate of drug-likeness (QED) is 0.583. The van der Waals surface area contributed by atoms with E-state index >= 15 is 0 Å². The van der Waals surface area contributed by atoms with Gasteiger partial charge in [-0.15, -0.1) is 11.8 Å². The summed E-state index contributed by atoms with van der Waals surface area (Å²) >= 11 is 1.49. The molecule has 1 atom stereocenters. The maximum Gasteiger partial charge on any atom is 0.214 e. The first-order valence-electron chi connectivity index (χ1n) is 6.30. The SMILES string of the molecule is COCC(C)N(C)S(=O)(=O)CCSc1cccc(N)c1. The van der Waals surface area contributed by atoms with Gasteiger partial charge in [0, 0.05) is 36.5 Å². The molecule has 1 aromatic carbocycles. The number of thioether (sulfide) groups is 1. The van der Waals surface area contributed by atoms with Gasteiger partial charge in [0.05, 0.1) is 12.4 Å². The van der Waals surface area contributed by atoms with Crippen molar-refractivity contribution in [3.05, 3.63) is 24.3 Å². The fraction of sp³-hybridized carbons (Fsp3) is 0.538. The Morgan fingerprint density at radius 3 is 2.75 bits per heavy atom. The number of nitrogens with two attached hydrogens (primary N) is 1. The molecular formula is C13H22N2O3S2. The highest BCUT2D eigenvalue weighted by Crippen LogP contribution is 2.20. The molecule has 5 nitrogen and oxygen atoms in total. The average molecular weight is 318 g/mol. The first-order valence-corrected chi connectivity index (χ1v) is 8.89. The van der Waals surface area contributed by atoms with Gasteiger partial charge in [0.1, 0.15) is 0 Å². The molecule has 114 valence electrons. The number of hydrogen-bond acceptors (Lipinski definition) is 5. The third-order valence-corrected chi connectivity index (χ3v) is 6.15. The van der Waals surface area contributed by atoms with Crippen molar-refractivity contribution in [2.45, 2.75) is 17.9 Å². The van der Waals surface area contributed by atoms with Gasteiger partial charge in [0.2, 0.25) is 10.0 Å². The summed E-state index contributed by atoms with van der Waals surface area (Å²) in [6.45, 7) is 2.21. The van der Waals surface area contributed by atoms with Crippen molar-refractivity contribution in [1.82, 2.24) is 4.31 Å². The second kappa shape index (κ2) is 7.87. The summed E-state index contributed by atoms with van der Waals surface area (Å²) in [5.41, 5.74) is 6.37. The van der Waals surface area contributed by atoms with Gasteiger partial charge in [-0.2, -0.15) is 4.31 Å². The number of likely N-dealkylation sites (N-methyl/N-ethyl adjacent to an activating group) is 1. The van der Waals surface area contributed by atoms with Crippen LogP contribution in [0.15, 0.2) is 29.2 Å². The standard InChI is InChI=1S/C13H22N2O3S2/c1-11(10-18-3)15(2)20(16,17)8-7-19-13-6-4-5-12(14)9-13/h4-6,9,11H,7-8,10,14H2,1-3H3. The van der Waals surface area contributed by atoms with Gasteiger partial charge >= 0.3 is 0 Å². The van der Waals surface area contributed by atoms with E-state index in [1.165, 1.54) is 16.1 Å². The number of anilines is 1. The predicted octanol–water partition coefficient (Wildman–Crippen LogP) is 1.66. The van der Waals surface area contributed by atoms with Crippen LogP contribution in [0.3, 0.4) is 0 Å². The first-order chi connectivity index (χ1) is 9.36. The molecule has 0 saturated carbocycles. The van der Waals surface area contributed by atoms with E-state index in [1.54, 1.807) is 20.2 Å². The number of nitrogen functional groups attached to an aromatic ring is 1. The smallest absolute Gasteiger partial charge is 0.214 e. The maximum atomic E-state index is 12.1. The van der Waals surface area contributed by atoms with Crippen LogP contribution in [0.2, 0.25) is 0 Å². The summed E-state index contributed by atoms with van der Waals surface area (Å²) in [4.78, 5) is 0.979. The van der Waals surface area contributed by atoms with Gasteiger partial charge in [-0.05, 0) is 25.1 Å². The molecule has 0 aliphatic rings. The topological polar surface area (TPSA) is 72.6 Å². The molecule has 1 aromatic rings. The normalized spacial score (nSPS) is 13.6. The molecule has 0 aliphatic heterocycles. The minimum absolute atomic E-state index is 0.0943. The molecule has 0 aromatic heterocycles. The van der Waals surface area contributed by atoms with Crippen molar-refractivity contribution in [3.8, 4) is 0 Å². The number of hydrogen-bond donors (Lipinski definition) is 1. The zero-order chi connectivity index (χ0) is 15.2. The van der Waals surface area contributed by atoms with Crippen LogP contribution in [0, 0.1) is 0 Å². The Balaban J connectivity index is 2.51. The summed E-state index contributed by atoms with van der Waals surface area (Å²) < 4.78 is 30.6. The van der Waals surface area contributed by atoms with Crippen molar-refractivity contribution in [1.29, 1.82) is 0 Å². The van der Waals surface area contributed by atoms with Crippen molar-refractivity contribution in [2.24, 2.45) is 0 Å². The summed E-state index contributed by atoms with van der Waals surface area (Å²) in [6.07, 6.45) is 0. The van der Waals surface area contributed by atoms with Crippen LogP contribution in [0.4, 0.5) is 5.69 Å². The van der Waals surface area contributed by atoms with Crippen LogP contribution in [-0.2, 0) is 14.8 Å². The van der Waals surface area contributed by atoms with E-state index in [0.717, 1.165) is 4.90 Å². The summed E-state index contributed by atoms with van der Waals surface area (Å²) in [7, 11) is -0.111. The molecule has 7 heteroatoms. The van der Waals surface area contributed by atoms with Gasteiger partial charge in [-0.1, -0.05) is 6.07 Å². The van der Waals surface area contributed by atoms with E-state index in [4.69, 9.17) is 10.5 Å². The number of methoxy groups -OCH3 is 1. The van der Waals surface area contributed by atoms with E-state index in [0.29, 0.717) is 18.0 Å². The number of rotatable bonds is 8. The molecule has 0 heterocycles. The molecule has 0 radical (unpaired) electrons. The lowest BCUT2D eigenvalue weighted by Gasteiger charge is -2.23. The lowest BCUT2D eigenvalue weighted by atomic mass is 10.3. The van der Waals surface area contributed by atoms with Crippen molar-refractivity contribution in [3.63, 3.8) is 0 Å². The van der Waals surface area contributed by atoms with E-state index in [-0.39, 0.29) is 11.8 Å². The van der Waals surface area contributed by atoms with Gasteiger partial charge in [-0.25, -0.2) is 8.42 Å². The second-order valence-corrected chi connectivity index (χ2v) is 7.87. The molecule has 20 heavy (non-hydrogen) atoms. The molecular weight excluding hydrogens is 296 g/mol. The number of sulfonamides is 1.